The first kappa shape index (κ1) is 73.0. The van der Waals surface area contributed by atoms with Crippen LogP contribution in [-0.4, -0.2) is 164 Å². The largest absolute Gasteiger partial charge is 0.507 e. The Balaban J connectivity index is 0.000000514. The van der Waals surface area contributed by atoms with Crippen LogP contribution in [0, 0.1) is 11.8 Å². The maximum absolute atomic E-state index is 10.6. The quantitative estimate of drug-likeness (QED) is 0.0513. The lowest BCUT2D eigenvalue weighted by atomic mass is 9.79. The third kappa shape index (κ3) is 22.4. The number of aromatic hydroxyl groups is 4. The monoisotopic (exact) mass is 1230 g/mol. The molecule has 33 heteroatoms. The lowest BCUT2D eigenvalue weighted by Crippen LogP contribution is -2.32. The van der Waals surface area contributed by atoms with Gasteiger partial charge in [0.2, 0.25) is 0 Å². The van der Waals surface area contributed by atoms with Gasteiger partial charge in [-0.25, -0.2) is 52.7 Å². The fourth-order valence-corrected chi connectivity index (χ4v) is 6.89. The summed E-state index contributed by atoms with van der Waals surface area (Å²) >= 11 is 0. The molecule has 466 valence electrons. The van der Waals surface area contributed by atoms with Crippen molar-refractivity contribution in [1.82, 2.24) is 0 Å². The molecule has 1 aliphatic carbocycles. The van der Waals surface area contributed by atoms with Crippen LogP contribution in [0.3, 0.4) is 0 Å². The SMILES string of the molecule is Nc1cc(C(=O)O)c(N)cc1C(=O)O.Nc1cc(C(=O)O)ccc1C(=O)O.O=C(O)C1CCCCC1C(=O)O.O=C(O)c1cc(O)c(C(=O)O)cc1O.O=C(O)c1ccc(C(=O)O)c(O)c1.O=C(O)c1ccccc1C(=O)O.O=C(O)c1ccccc1O. The van der Waals surface area contributed by atoms with Crippen molar-refractivity contribution in [2.45, 2.75) is 25.7 Å². The van der Waals surface area contributed by atoms with E-state index in [4.69, 9.17) is 104 Å². The molecule has 33 nitrogen and oxygen atoms in total. The number of carboxylic acid groups (broad SMARTS) is 13. The molecule has 1 fully saturated rings. The number of anilines is 3. The molecule has 0 bridgehead atoms. The predicted octanol–water partition coefficient (Wildman–Crippen LogP) is 5.33. The van der Waals surface area contributed by atoms with E-state index in [-0.39, 0.29) is 72.9 Å². The molecular weight excluding hydrogens is 1180 g/mol. The Bertz CT molecular complexity index is 3380. The molecule has 0 spiro atoms. The Kier molecular flexibility index (Phi) is 28.1. The first-order chi connectivity index (χ1) is 40.9. The van der Waals surface area contributed by atoms with Crippen LogP contribution in [0.25, 0.3) is 0 Å². The van der Waals surface area contributed by atoms with Gasteiger partial charge < -0.3 is 104 Å². The number of carbonyl (C=O) groups is 13. The second-order valence-electron chi connectivity index (χ2n) is 17.0. The molecular formula is C55H51N3O30. The zero-order chi connectivity index (χ0) is 67.6. The fourth-order valence-electron chi connectivity index (χ4n) is 6.89. The maximum atomic E-state index is 10.6. The van der Waals surface area contributed by atoms with Gasteiger partial charge >= 0.3 is 77.6 Å². The van der Waals surface area contributed by atoms with Crippen molar-refractivity contribution >= 4 is 94.7 Å². The van der Waals surface area contributed by atoms with E-state index < -0.39 is 118 Å². The molecule has 0 amide bonds. The van der Waals surface area contributed by atoms with Gasteiger partial charge in [-0.2, -0.15) is 0 Å². The van der Waals surface area contributed by atoms with E-state index in [1.807, 2.05) is 0 Å². The normalized spacial score (nSPS) is 12.3. The number of nitrogen functional groups attached to an aromatic ring is 3. The lowest BCUT2D eigenvalue weighted by molar-refractivity contribution is -0.155. The average Bonchev–Trinajstić information content (AvgIpc) is 3.66. The highest BCUT2D eigenvalue weighted by Crippen LogP contribution is 2.31. The molecule has 1 aliphatic rings. The standard InChI is InChI=1S/C8H8N2O4.C8H7NO4.C8H6O6.C8H6O5.C8H12O4.C8H6O4.C7H6O3/c9-5-1-3(7(11)12)6(10)2-4(5)8(13)14;9-6-3-4(7(10)11)1-2-5(6)8(12)13;9-5-1-3(7(11)12)6(10)2-4(5)8(13)14;9-6-3-4(7(10)11)1-2-5(6)8(12)13;2*9-7(10)5-3-1-2-4-6(5)8(11)12;8-6-4-2-1-3-5(6)7(9)10/h1-2H,9-10H2,(H,11,12)(H,13,14);1-3H,9H2,(H,10,11)(H,12,13);1-2,9-10H,(H,11,12)(H,13,14);1-3,9H,(H,10,11)(H,12,13);5-6H,1-4H2,(H,9,10)(H,11,12);1-4H,(H,9,10)(H,11,12);1-4,8H,(H,9,10). The Labute approximate surface area is 490 Å². The van der Waals surface area contributed by atoms with E-state index in [9.17, 15) is 62.3 Å². The summed E-state index contributed by atoms with van der Waals surface area (Å²) in [5, 5.41) is 147. The summed E-state index contributed by atoms with van der Waals surface area (Å²) in [5.41, 5.74) is 13.2. The van der Waals surface area contributed by atoms with Crippen LogP contribution in [0.15, 0.2) is 109 Å². The summed E-state index contributed by atoms with van der Waals surface area (Å²) in [6.45, 7) is 0. The Morgan fingerprint density at radius 1 is 0.273 bits per heavy atom. The second kappa shape index (κ2) is 33.8. The molecule has 0 aliphatic heterocycles. The number of nitrogens with two attached hydrogens (primary N) is 3. The second-order valence-corrected chi connectivity index (χ2v) is 17.0. The summed E-state index contributed by atoms with van der Waals surface area (Å²) in [5.74, 6) is -19.2. The van der Waals surface area contributed by atoms with Gasteiger partial charge in [0.25, 0.3) is 0 Å². The van der Waals surface area contributed by atoms with Crippen LogP contribution in [-0.2, 0) is 9.59 Å². The van der Waals surface area contributed by atoms with Crippen molar-refractivity contribution in [3.63, 3.8) is 0 Å². The molecule has 88 heavy (non-hydrogen) atoms. The highest BCUT2D eigenvalue weighted by molar-refractivity contribution is 6.03. The number of rotatable bonds is 13. The van der Waals surface area contributed by atoms with Crippen molar-refractivity contribution in [3.05, 3.63) is 170 Å². The Morgan fingerprint density at radius 3 is 0.818 bits per heavy atom. The molecule has 0 radical (unpaired) electrons. The van der Waals surface area contributed by atoms with Crippen LogP contribution >= 0.6 is 0 Å². The van der Waals surface area contributed by atoms with Crippen LogP contribution in [0.2, 0.25) is 0 Å². The fraction of sp³-hybridized carbons (Fsp3) is 0.109. The number of carboxylic acids is 13. The summed E-state index contributed by atoms with van der Waals surface area (Å²) in [6.07, 6.45) is 2.68. The van der Waals surface area contributed by atoms with E-state index in [1.165, 1.54) is 48.5 Å². The van der Waals surface area contributed by atoms with Gasteiger partial charge in [0.15, 0.2) is 0 Å². The summed E-state index contributed by atoms with van der Waals surface area (Å²) < 4.78 is 0. The van der Waals surface area contributed by atoms with Crippen molar-refractivity contribution in [1.29, 1.82) is 0 Å². The van der Waals surface area contributed by atoms with E-state index in [0.717, 1.165) is 49.2 Å². The van der Waals surface area contributed by atoms with E-state index in [0.29, 0.717) is 25.0 Å². The molecule has 6 aromatic carbocycles. The van der Waals surface area contributed by atoms with Crippen molar-refractivity contribution in [3.8, 4) is 23.0 Å². The summed E-state index contributed by atoms with van der Waals surface area (Å²) in [4.78, 5) is 136. The minimum absolute atomic E-state index is 0.0255. The molecule has 0 aromatic heterocycles. The molecule has 2 atom stereocenters. The van der Waals surface area contributed by atoms with Gasteiger partial charge in [-0.15, -0.1) is 0 Å². The first-order valence-corrected chi connectivity index (χ1v) is 23.7. The maximum Gasteiger partial charge on any atom is 0.339 e. The zero-order valence-electron chi connectivity index (χ0n) is 44.5. The van der Waals surface area contributed by atoms with Gasteiger partial charge in [0, 0.05) is 17.1 Å². The molecule has 23 N–H and O–H groups in total. The first-order valence-electron chi connectivity index (χ1n) is 23.7. The van der Waals surface area contributed by atoms with Crippen LogP contribution in [0.1, 0.15) is 140 Å². The van der Waals surface area contributed by atoms with E-state index >= 15 is 0 Å². The number of aliphatic carboxylic acids is 2. The number of phenols is 4. The Morgan fingerprint density at radius 2 is 0.545 bits per heavy atom. The van der Waals surface area contributed by atoms with Crippen molar-refractivity contribution in [2.24, 2.45) is 11.8 Å². The molecule has 7 rings (SSSR count). The topological polar surface area (TPSA) is 644 Å². The van der Waals surface area contributed by atoms with Gasteiger partial charge in [-0.1, -0.05) is 37.1 Å². The highest BCUT2D eigenvalue weighted by Gasteiger charge is 2.35. The minimum Gasteiger partial charge on any atom is -0.507 e. The number of benzene rings is 6. The van der Waals surface area contributed by atoms with E-state index in [2.05, 4.69) is 0 Å². The number of para-hydroxylation sites is 1. The number of hydrogen-bond donors (Lipinski definition) is 20. The molecule has 0 heterocycles. The number of aromatic carboxylic acids is 11. The summed E-state index contributed by atoms with van der Waals surface area (Å²) in [7, 11) is 0. The molecule has 1 saturated carbocycles. The predicted molar refractivity (Wildman–Crippen MR) is 296 cm³/mol. The summed E-state index contributed by atoms with van der Waals surface area (Å²) in [6, 6.07) is 21.2. The van der Waals surface area contributed by atoms with Crippen molar-refractivity contribution < 1.29 is 149 Å². The molecule has 2 unspecified atom stereocenters. The number of hydrogen-bond acceptors (Lipinski definition) is 20. The highest BCUT2D eigenvalue weighted by atomic mass is 16.4. The minimum atomic E-state index is -1.45. The third-order valence-electron chi connectivity index (χ3n) is 11.2. The van der Waals surface area contributed by atoms with Crippen LogP contribution in [0.5, 0.6) is 23.0 Å². The molecule has 6 aromatic rings. The van der Waals surface area contributed by atoms with Gasteiger partial charge in [-0.05, 0) is 97.8 Å². The average molecular weight is 1230 g/mol. The van der Waals surface area contributed by atoms with E-state index in [1.54, 1.807) is 12.1 Å². The lowest BCUT2D eigenvalue weighted by Gasteiger charge is -2.24. The molecule has 0 saturated heterocycles. The van der Waals surface area contributed by atoms with Gasteiger partial charge in [-0.3, -0.25) is 9.59 Å². The van der Waals surface area contributed by atoms with Crippen LogP contribution in [0.4, 0.5) is 17.1 Å². The zero-order valence-corrected chi connectivity index (χ0v) is 44.5. The van der Waals surface area contributed by atoms with Crippen LogP contribution < -0.4 is 17.2 Å². The van der Waals surface area contributed by atoms with Gasteiger partial charge in [0.05, 0.1) is 50.8 Å². The Hall–Kier alpha value is -13.0. The van der Waals surface area contributed by atoms with Gasteiger partial charge in [0.1, 0.15) is 45.3 Å². The smallest absolute Gasteiger partial charge is 0.339 e. The third-order valence-corrected chi connectivity index (χ3v) is 11.2. The van der Waals surface area contributed by atoms with Crippen molar-refractivity contribution in [2.75, 3.05) is 17.2 Å².